The Morgan fingerprint density at radius 3 is 2.44 bits per heavy atom. The van der Waals surface area contributed by atoms with Crippen LogP contribution in [-0.2, 0) is 9.53 Å². The number of carbonyl (C=O) groups excluding carboxylic acids is 1. The van der Waals surface area contributed by atoms with Crippen LogP contribution in [0.25, 0.3) is 6.08 Å². The molecule has 4 rings (SSSR count). The number of methoxy groups -OCH3 is 1. The van der Waals surface area contributed by atoms with E-state index in [1.54, 1.807) is 11.5 Å². The molecule has 0 spiro atoms. The third-order valence-corrected chi connectivity index (χ3v) is 6.07. The zero-order valence-corrected chi connectivity index (χ0v) is 19.2. The number of rotatable bonds is 5. The first-order chi connectivity index (χ1) is 15.4. The topological polar surface area (TPSA) is 69.9 Å². The van der Waals surface area contributed by atoms with Crippen LogP contribution in [0.15, 0.2) is 75.7 Å². The quantitative estimate of drug-likeness (QED) is 0.562. The molecule has 2 heterocycles. The number of fused-ring (bicyclic) bond motifs is 1. The Morgan fingerprint density at radius 1 is 1.12 bits per heavy atom. The van der Waals surface area contributed by atoms with Gasteiger partial charge in [-0.05, 0) is 50.1 Å². The van der Waals surface area contributed by atoms with E-state index in [1.807, 2.05) is 74.5 Å². The molecule has 7 heteroatoms. The molecule has 0 N–H and O–H groups in total. The average Bonchev–Trinajstić information content (AvgIpc) is 3.08. The Kier molecular flexibility index (Phi) is 6.10. The van der Waals surface area contributed by atoms with Gasteiger partial charge in [-0.25, -0.2) is 9.79 Å². The maximum atomic E-state index is 13.5. The number of aromatic nitrogens is 1. The van der Waals surface area contributed by atoms with Gasteiger partial charge in [0.25, 0.3) is 5.56 Å². The second-order valence-corrected chi connectivity index (χ2v) is 8.73. The van der Waals surface area contributed by atoms with Gasteiger partial charge in [-0.1, -0.05) is 53.8 Å². The molecular weight excluding hydrogens is 424 g/mol. The zero-order valence-electron chi connectivity index (χ0n) is 18.4. The highest BCUT2D eigenvalue weighted by Crippen LogP contribution is 2.30. The standard InChI is InChI=1S/C25H24N2O4S/c1-15(2)31-19-12-10-17(11-13-19)14-20-23(28)27-22(18-8-6-5-7-9-18)21(24(29)30-4)16(3)26-25(27)32-20/h5-15,22H,1-4H3/b20-14+/t22-/m0/s1. The molecule has 1 aliphatic heterocycles. The maximum Gasteiger partial charge on any atom is 0.338 e. The first-order valence-corrected chi connectivity index (χ1v) is 11.1. The van der Waals surface area contributed by atoms with Crippen LogP contribution in [0.5, 0.6) is 5.75 Å². The molecule has 0 aliphatic carbocycles. The first-order valence-electron chi connectivity index (χ1n) is 10.3. The van der Waals surface area contributed by atoms with E-state index in [0.29, 0.717) is 20.6 Å². The summed E-state index contributed by atoms with van der Waals surface area (Å²) in [5.41, 5.74) is 2.43. The summed E-state index contributed by atoms with van der Waals surface area (Å²) in [5.74, 6) is 0.288. The number of allylic oxidation sites excluding steroid dienone is 1. The summed E-state index contributed by atoms with van der Waals surface area (Å²) < 4.78 is 12.8. The number of hydrogen-bond acceptors (Lipinski definition) is 6. The summed E-state index contributed by atoms with van der Waals surface area (Å²) in [6.45, 7) is 5.72. The first kappa shape index (κ1) is 21.8. The number of nitrogens with zero attached hydrogens (tertiary/aromatic N) is 2. The van der Waals surface area contributed by atoms with Gasteiger partial charge in [-0.15, -0.1) is 0 Å². The van der Waals surface area contributed by atoms with Crippen molar-refractivity contribution in [3.8, 4) is 5.75 Å². The molecule has 0 radical (unpaired) electrons. The van der Waals surface area contributed by atoms with Crippen molar-refractivity contribution in [2.24, 2.45) is 4.99 Å². The minimum Gasteiger partial charge on any atom is -0.491 e. The zero-order chi connectivity index (χ0) is 22.8. The van der Waals surface area contributed by atoms with Crippen LogP contribution in [0.4, 0.5) is 0 Å². The molecule has 0 fully saturated rings. The van der Waals surface area contributed by atoms with Gasteiger partial charge in [-0.2, -0.15) is 0 Å². The highest BCUT2D eigenvalue weighted by Gasteiger charge is 2.32. The van der Waals surface area contributed by atoms with E-state index in [9.17, 15) is 9.59 Å². The van der Waals surface area contributed by atoms with Gasteiger partial charge in [0, 0.05) is 0 Å². The molecule has 0 saturated carbocycles. The fourth-order valence-electron chi connectivity index (χ4n) is 3.71. The number of thiazole rings is 1. The predicted octanol–water partition coefficient (Wildman–Crippen LogP) is 3.20. The molecule has 1 aliphatic rings. The van der Waals surface area contributed by atoms with Crippen LogP contribution in [0.2, 0.25) is 0 Å². The van der Waals surface area contributed by atoms with Crippen molar-refractivity contribution in [1.29, 1.82) is 0 Å². The number of ether oxygens (including phenoxy) is 2. The number of carbonyl (C=O) groups is 1. The van der Waals surface area contributed by atoms with Gasteiger partial charge in [0.05, 0.1) is 35.1 Å². The van der Waals surface area contributed by atoms with E-state index in [2.05, 4.69) is 4.99 Å². The summed E-state index contributed by atoms with van der Waals surface area (Å²) >= 11 is 1.31. The fourth-order valence-corrected chi connectivity index (χ4v) is 4.76. The molecule has 2 aromatic carbocycles. The predicted molar refractivity (Wildman–Crippen MR) is 124 cm³/mol. The lowest BCUT2D eigenvalue weighted by Crippen LogP contribution is -2.39. The van der Waals surface area contributed by atoms with Crippen LogP contribution in [-0.4, -0.2) is 23.8 Å². The highest BCUT2D eigenvalue weighted by atomic mass is 32.1. The van der Waals surface area contributed by atoms with Gasteiger partial charge in [0.2, 0.25) is 0 Å². The molecule has 0 bridgehead atoms. The number of hydrogen-bond donors (Lipinski definition) is 0. The Labute approximate surface area is 189 Å². The van der Waals surface area contributed by atoms with Gasteiger partial charge < -0.3 is 9.47 Å². The van der Waals surface area contributed by atoms with Crippen molar-refractivity contribution in [1.82, 2.24) is 4.57 Å². The van der Waals surface area contributed by atoms with E-state index in [4.69, 9.17) is 9.47 Å². The largest absolute Gasteiger partial charge is 0.491 e. The highest BCUT2D eigenvalue weighted by molar-refractivity contribution is 7.07. The average molecular weight is 449 g/mol. The van der Waals surface area contributed by atoms with E-state index >= 15 is 0 Å². The molecule has 0 unspecified atom stereocenters. The lowest BCUT2D eigenvalue weighted by molar-refractivity contribution is -0.136. The smallest absolute Gasteiger partial charge is 0.338 e. The molecule has 164 valence electrons. The maximum absolute atomic E-state index is 13.5. The molecule has 3 aromatic rings. The van der Waals surface area contributed by atoms with Crippen molar-refractivity contribution < 1.29 is 14.3 Å². The summed E-state index contributed by atoms with van der Waals surface area (Å²) in [5, 5.41) is 0. The summed E-state index contributed by atoms with van der Waals surface area (Å²) in [6, 6.07) is 16.5. The molecule has 1 aromatic heterocycles. The summed E-state index contributed by atoms with van der Waals surface area (Å²) in [6.07, 6.45) is 1.93. The minimum absolute atomic E-state index is 0.0924. The van der Waals surface area contributed by atoms with E-state index in [1.165, 1.54) is 18.4 Å². The SMILES string of the molecule is COC(=O)C1=C(C)N=c2s/c(=C/c3ccc(OC(C)C)cc3)c(=O)n2[C@H]1c1ccccc1. The Hall–Kier alpha value is -3.45. The van der Waals surface area contributed by atoms with Gasteiger partial charge in [0.1, 0.15) is 5.75 Å². The lowest BCUT2D eigenvalue weighted by Gasteiger charge is -2.24. The number of benzene rings is 2. The van der Waals surface area contributed by atoms with Crippen LogP contribution >= 0.6 is 11.3 Å². The fraction of sp³-hybridized carbons (Fsp3) is 0.240. The van der Waals surface area contributed by atoms with Crippen molar-refractivity contribution in [2.45, 2.75) is 32.9 Å². The third kappa shape index (κ3) is 4.16. The van der Waals surface area contributed by atoms with Crippen molar-refractivity contribution in [2.75, 3.05) is 7.11 Å². The van der Waals surface area contributed by atoms with E-state index in [-0.39, 0.29) is 11.7 Å². The molecular formula is C25H24N2O4S. The molecule has 1 atom stereocenters. The Balaban J connectivity index is 1.85. The molecule has 6 nitrogen and oxygen atoms in total. The molecule has 0 saturated heterocycles. The monoisotopic (exact) mass is 448 g/mol. The Morgan fingerprint density at radius 2 is 1.81 bits per heavy atom. The molecule has 0 amide bonds. The van der Waals surface area contributed by atoms with E-state index in [0.717, 1.165) is 16.9 Å². The second kappa shape index (κ2) is 8.96. The van der Waals surface area contributed by atoms with Crippen LogP contribution < -0.4 is 19.6 Å². The van der Waals surface area contributed by atoms with Crippen molar-refractivity contribution >= 4 is 23.4 Å². The molecule has 32 heavy (non-hydrogen) atoms. The normalized spacial score (nSPS) is 16.0. The summed E-state index contributed by atoms with van der Waals surface area (Å²) in [4.78, 5) is 31.2. The second-order valence-electron chi connectivity index (χ2n) is 7.72. The van der Waals surface area contributed by atoms with Gasteiger partial charge in [-0.3, -0.25) is 9.36 Å². The summed E-state index contributed by atoms with van der Waals surface area (Å²) in [7, 11) is 1.34. The van der Waals surface area contributed by atoms with Gasteiger partial charge >= 0.3 is 5.97 Å². The number of esters is 1. The van der Waals surface area contributed by atoms with Crippen LogP contribution in [0.1, 0.15) is 37.9 Å². The Bertz CT molecular complexity index is 1350. The van der Waals surface area contributed by atoms with E-state index < -0.39 is 12.0 Å². The van der Waals surface area contributed by atoms with Crippen molar-refractivity contribution in [3.05, 3.63) is 96.7 Å². The third-order valence-electron chi connectivity index (χ3n) is 5.09. The van der Waals surface area contributed by atoms with Crippen LogP contribution in [0.3, 0.4) is 0 Å². The minimum atomic E-state index is -0.594. The lowest BCUT2D eigenvalue weighted by atomic mass is 9.96. The van der Waals surface area contributed by atoms with Gasteiger partial charge in [0.15, 0.2) is 4.80 Å². The van der Waals surface area contributed by atoms with Crippen molar-refractivity contribution in [3.63, 3.8) is 0 Å². The van der Waals surface area contributed by atoms with Crippen LogP contribution in [0, 0.1) is 0 Å².